The molecule has 0 bridgehead atoms. The van der Waals surface area contributed by atoms with E-state index in [2.05, 4.69) is 9.97 Å². The molecule has 0 aliphatic carbocycles. The van der Waals surface area contributed by atoms with Crippen LogP contribution in [0.4, 0.5) is 0 Å². The van der Waals surface area contributed by atoms with Crippen LogP contribution in [0.5, 0.6) is 0 Å². The van der Waals surface area contributed by atoms with Crippen molar-refractivity contribution in [3.63, 3.8) is 0 Å². The number of rotatable bonds is 3. The van der Waals surface area contributed by atoms with Crippen molar-refractivity contribution >= 4 is 5.91 Å². The zero-order valence-corrected chi connectivity index (χ0v) is 14.4. The Hall–Kier alpha value is -2.44. The summed E-state index contributed by atoms with van der Waals surface area (Å²) in [5.41, 5.74) is 2.39. The first-order valence-corrected chi connectivity index (χ1v) is 8.24. The maximum Gasteiger partial charge on any atom is 0.256 e. The Labute approximate surface area is 141 Å². The lowest BCUT2D eigenvalue weighted by molar-refractivity contribution is -0.133. The van der Waals surface area contributed by atoms with Crippen molar-refractivity contribution in [3.05, 3.63) is 46.2 Å². The van der Waals surface area contributed by atoms with E-state index >= 15 is 0 Å². The van der Waals surface area contributed by atoms with E-state index in [4.69, 9.17) is 0 Å². The third kappa shape index (κ3) is 3.11. The molecule has 0 N–H and O–H groups in total. The van der Waals surface area contributed by atoms with Crippen LogP contribution in [0.1, 0.15) is 35.7 Å². The summed E-state index contributed by atoms with van der Waals surface area (Å²) in [6.07, 6.45) is 7.02. The van der Waals surface area contributed by atoms with Gasteiger partial charge >= 0.3 is 0 Å². The molecule has 1 amide bonds. The van der Waals surface area contributed by atoms with Crippen LogP contribution in [0, 0.1) is 13.8 Å². The quantitative estimate of drug-likeness (QED) is 0.842. The standard InChI is InChI=1S/C17H23N5O2/c1-12-13(2)19-11-22(17(12)24)9-16(23)21-6-4-14(5-7-21)15-8-18-10-20(15)3/h8,10-11,14H,4-7,9H2,1-3H3. The molecule has 0 aromatic carbocycles. The number of nitrogens with zero attached hydrogens (tertiary/aromatic N) is 5. The third-order valence-electron chi connectivity index (χ3n) is 4.94. The Morgan fingerprint density at radius 2 is 1.96 bits per heavy atom. The Morgan fingerprint density at radius 1 is 1.25 bits per heavy atom. The Bertz CT molecular complexity index is 800. The van der Waals surface area contributed by atoms with Crippen LogP contribution < -0.4 is 5.56 Å². The molecular formula is C17H23N5O2. The Morgan fingerprint density at radius 3 is 2.58 bits per heavy atom. The maximum absolute atomic E-state index is 12.5. The van der Waals surface area contributed by atoms with E-state index in [-0.39, 0.29) is 18.0 Å². The summed E-state index contributed by atoms with van der Waals surface area (Å²) < 4.78 is 3.44. The molecule has 0 radical (unpaired) electrons. The van der Waals surface area contributed by atoms with Gasteiger partial charge in [0.05, 0.1) is 12.7 Å². The molecule has 0 saturated carbocycles. The van der Waals surface area contributed by atoms with Gasteiger partial charge in [0.2, 0.25) is 5.91 Å². The maximum atomic E-state index is 12.5. The Balaban J connectivity index is 1.63. The monoisotopic (exact) mass is 329 g/mol. The molecule has 3 heterocycles. The number of likely N-dealkylation sites (tertiary alicyclic amines) is 1. The van der Waals surface area contributed by atoms with Crippen molar-refractivity contribution in [2.45, 2.75) is 39.2 Å². The smallest absolute Gasteiger partial charge is 0.256 e. The van der Waals surface area contributed by atoms with Gasteiger partial charge in [-0.2, -0.15) is 0 Å². The highest BCUT2D eigenvalue weighted by atomic mass is 16.2. The fourth-order valence-corrected chi connectivity index (χ4v) is 3.22. The summed E-state index contributed by atoms with van der Waals surface area (Å²) in [7, 11) is 2.00. The lowest BCUT2D eigenvalue weighted by Gasteiger charge is -2.32. The first-order chi connectivity index (χ1) is 11.5. The lowest BCUT2D eigenvalue weighted by atomic mass is 9.94. The topological polar surface area (TPSA) is 73.0 Å². The molecule has 1 fully saturated rings. The largest absolute Gasteiger partial charge is 0.341 e. The predicted octanol–water partition coefficient (Wildman–Crippen LogP) is 1.000. The zero-order chi connectivity index (χ0) is 17.3. The molecule has 2 aromatic heterocycles. The fourth-order valence-electron chi connectivity index (χ4n) is 3.22. The van der Waals surface area contributed by atoms with Gasteiger partial charge in [-0.05, 0) is 26.7 Å². The second kappa shape index (κ2) is 6.59. The number of carbonyl (C=O) groups excluding carboxylic acids is 1. The SMILES string of the molecule is Cc1ncn(CC(=O)N2CCC(c3cncn3C)CC2)c(=O)c1C. The van der Waals surface area contributed by atoms with E-state index in [1.54, 1.807) is 13.8 Å². The molecule has 0 spiro atoms. The van der Waals surface area contributed by atoms with Crippen LogP contribution in [0.25, 0.3) is 0 Å². The number of imidazole rings is 1. The lowest BCUT2D eigenvalue weighted by Crippen LogP contribution is -2.41. The second-order valence-electron chi connectivity index (χ2n) is 6.47. The van der Waals surface area contributed by atoms with E-state index in [9.17, 15) is 9.59 Å². The number of piperidine rings is 1. The van der Waals surface area contributed by atoms with E-state index in [0.29, 0.717) is 30.3 Å². The van der Waals surface area contributed by atoms with Gasteiger partial charge in [0.25, 0.3) is 5.56 Å². The van der Waals surface area contributed by atoms with Gasteiger partial charge in [0, 0.05) is 49.2 Å². The molecule has 0 unspecified atom stereocenters. The molecule has 0 atom stereocenters. The normalized spacial score (nSPS) is 15.7. The minimum Gasteiger partial charge on any atom is -0.341 e. The van der Waals surface area contributed by atoms with E-state index in [1.807, 2.05) is 29.0 Å². The van der Waals surface area contributed by atoms with Gasteiger partial charge in [0.15, 0.2) is 0 Å². The molecule has 3 rings (SSSR count). The molecule has 1 aliphatic rings. The molecule has 2 aromatic rings. The van der Waals surface area contributed by atoms with Crippen LogP contribution in [-0.2, 0) is 18.4 Å². The molecule has 1 aliphatic heterocycles. The zero-order valence-electron chi connectivity index (χ0n) is 14.4. The molecule has 7 nitrogen and oxygen atoms in total. The molecule has 1 saturated heterocycles. The number of hydrogen-bond donors (Lipinski definition) is 0. The molecule has 24 heavy (non-hydrogen) atoms. The summed E-state index contributed by atoms with van der Waals surface area (Å²) in [5.74, 6) is 0.415. The highest BCUT2D eigenvalue weighted by molar-refractivity contribution is 5.76. The minimum atomic E-state index is -0.138. The third-order valence-corrected chi connectivity index (χ3v) is 4.94. The number of hydrogen-bond acceptors (Lipinski definition) is 4. The average Bonchev–Trinajstić information content (AvgIpc) is 3.01. The van der Waals surface area contributed by atoms with Gasteiger partial charge < -0.3 is 9.47 Å². The van der Waals surface area contributed by atoms with Crippen LogP contribution in [0.2, 0.25) is 0 Å². The molecular weight excluding hydrogens is 306 g/mol. The summed E-state index contributed by atoms with van der Waals surface area (Å²) >= 11 is 0. The van der Waals surface area contributed by atoms with Gasteiger partial charge in [-0.25, -0.2) is 9.97 Å². The van der Waals surface area contributed by atoms with E-state index < -0.39 is 0 Å². The van der Waals surface area contributed by atoms with Crippen molar-refractivity contribution < 1.29 is 4.79 Å². The van der Waals surface area contributed by atoms with Crippen molar-refractivity contribution in [1.82, 2.24) is 24.0 Å². The summed E-state index contributed by atoms with van der Waals surface area (Å²) in [6.45, 7) is 5.02. The number of carbonyl (C=O) groups is 1. The highest BCUT2D eigenvalue weighted by Crippen LogP contribution is 2.27. The number of aromatic nitrogens is 4. The minimum absolute atomic E-state index is 0.0226. The first kappa shape index (κ1) is 16.4. The van der Waals surface area contributed by atoms with E-state index in [0.717, 1.165) is 12.8 Å². The first-order valence-electron chi connectivity index (χ1n) is 8.24. The average molecular weight is 329 g/mol. The van der Waals surface area contributed by atoms with Crippen LogP contribution >= 0.6 is 0 Å². The fraction of sp³-hybridized carbons (Fsp3) is 0.529. The summed E-state index contributed by atoms with van der Waals surface area (Å²) in [6, 6.07) is 0. The number of aryl methyl sites for hydroxylation is 2. The van der Waals surface area contributed by atoms with Crippen LogP contribution in [-0.4, -0.2) is 43.0 Å². The van der Waals surface area contributed by atoms with Gasteiger partial charge in [-0.3, -0.25) is 14.2 Å². The van der Waals surface area contributed by atoms with Crippen LogP contribution in [0.15, 0.2) is 23.6 Å². The van der Waals surface area contributed by atoms with Gasteiger partial charge in [-0.15, -0.1) is 0 Å². The van der Waals surface area contributed by atoms with Crippen LogP contribution in [0.3, 0.4) is 0 Å². The van der Waals surface area contributed by atoms with Crippen molar-refractivity contribution in [2.24, 2.45) is 7.05 Å². The van der Waals surface area contributed by atoms with Gasteiger partial charge in [-0.1, -0.05) is 0 Å². The number of amides is 1. The molecule has 128 valence electrons. The van der Waals surface area contributed by atoms with Crippen molar-refractivity contribution in [1.29, 1.82) is 0 Å². The summed E-state index contributed by atoms with van der Waals surface area (Å²) in [4.78, 5) is 34.9. The second-order valence-corrected chi connectivity index (χ2v) is 6.47. The van der Waals surface area contributed by atoms with Crippen molar-refractivity contribution in [3.8, 4) is 0 Å². The summed E-state index contributed by atoms with van der Waals surface area (Å²) in [5, 5.41) is 0. The highest BCUT2D eigenvalue weighted by Gasteiger charge is 2.25. The van der Waals surface area contributed by atoms with E-state index in [1.165, 1.54) is 16.6 Å². The van der Waals surface area contributed by atoms with Gasteiger partial charge in [0.1, 0.15) is 6.54 Å². The Kier molecular flexibility index (Phi) is 4.51. The molecule has 7 heteroatoms. The van der Waals surface area contributed by atoms with Crippen molar-refractivity contribution in [2.75, 3.05) is 13.1 Å². The predicted molar refractivity (Wildman–Crippen MR) is 89.7 cm³/mol.